The molecule has 0 aromatic carbocycles. The zero-order chi connectivity index (χ0) is 19.0. The predicted molar refractivity (Wildman–Crippen MR) is 106 cm³/mol. The third kappa shape index (κ3) is 3.96. The van der Waals surface area contributed by atoms with E-state index in [2.05, 4.69) is 38.0 Å². The minimum Gasteiger partial charge on any atom is -0.312 e. The Labute approximate surface area is 165 Å². The second-order valence-electron chi connectivity index (χ2n) is 7.56. The lowest BCUT2D eigenvalue weighted by Crippen LogP contribution is -2.39. The first-order valence-electron chi connectivity index (χ1n) is 9.57. The zero-order valence-electron chi connectivity index (χ0n) is 16.0. The Morgan fingerprint density at radius 2 is 2.04 bits per heavy atom. The molecule has 7 nitrogen and oxygen atoms in total. The third-order valence-corrected chi connectivity index (χ3v) is 7.96. The van der Waals surface area contributed by atoms with E-state index in [4.69, 9.17) is 0 Å². The number of fused-ring (bicyclic) bond motifs is 1. The fraction of sp³-hybridized carbons (Fsp3) is 0.667. The van der Waals surface area contributed by atoms with E-state index in [9.17, 15) is 8.42 Å². The van der Waals surface area contributed by atoms with Gasteiger partial charge in [0.25, 0.3) is 0 Å². The second-order valence-corrected chi connectivity index (χ2v) is 10.5. The normalized spacial score (nSPS) is 22.5. The smallest absolute Gasteiger partial charge is 0.211 e. The van der Waals surface area contributed by atoms with Crippen LogP contribution in [-0.4, -0.2) is 58.3 Å². The van der Waals surface area contributed by atoms with E-state index < -0.39 is 10.0 Å². The van der Waals surface area contributed by atoms with Crippen LogP contribution in [0.15, 0.2) is 11.4 Å². The quantitative estimate of drug-likeness (QED) is 0.774. The molecule has 2 aromatic heterocycles. The van der Waals surface area contributed by atoms with E-state index in [1.807, 2.05) is 11.3 Å². The van der Waals surface area contributed by atoms with Crippen LogP contribution in [0.1, 0.15) is 47.4 Å². The molecule has 4 heterocycles. The number of thiophene rings is 1. The largest absolute Gasteiger partial charge is 0.312 e. The number of nitrogens with zero attached hydrogens (tertiary/aromatic N) is 5. The van der Waals surface area contributed by atoms with Gasteiger partial charge in [0.2, 0.25) is 10.0 Å². The van der Waals surface area contributed by atoms with Crippen LogP contribution in [-0.2, 0) is 29.5 Å². The maximum Gasteiger partial charge on any atom is 0.211 e. The first-order chi connectivity index (χ1) is 12.9. The monoisotopic (exact) mass is 409 g/mol. The average Bonchev–Trinajstić information content (AvgIpc) is 3.17. The van der Waals surface area contributed by atoms with Crippen LogP contribution < -0.4 is 0 Å². The molecular weight excluding hydrogens is 382 g/mol. The molecule has 2 aliphatic rings. The van der Waals surface area contributed by atoms with Gasteiger partial charge in [-0.15, -0.1) is 21.5 Å². The van der Waals surface area contributed by atoms with Crippen molar-refractivity contribution in [3.8, 4) is 0 Å². The summed E-state index contributed by atoms with van der Waals surface area (Å²) in [6.45, 7) is 6.41. The van der Waals surface area contributed by atoms with Crippen LogP contribution in [0.3, 0.4) is 0 Å². The summed E-state index contributed by atoms with van der Waals surface area (Å²) in [4.78, 5) is 3.88. The minimum atomic E-state index is -3.24. The van der Waals surface area contributed by atoms with Crippen molar-refractivity contribution in [3.63, 3.8) is 0 Å². The van der Waals surface area contributed by atoms with Crippen LogP contribution in [0, 0.1) is 6.92 Å². The van der Waals surface area contributed by atoms with Gasteiger partial charge in [0.1, 0.15) is 5.82 Å². The number of aromatic nitrogens is 3. The molecule has 0 bridgehead atoms. The fourth-order valence-electron chi connectivity index (χ4n) is 4.12. The van der Waals surface area contributed by atoms with Crippen molar-refractivity contribution in [2.24, 2.45) is 0 Å². The Morgan fingerprint density at radius 3 is 2.78 bits per heavy atom. The summed E-state index contributed by atoms with van der Waals surface area (Å²) >= 11 is 1.82. The SMILES string of the molecule is Cc1ccsc1CN1CCc2nnc(C3CCCCN3S(C)(=O)=O)n2CC1. The molecule has 2 aliphatic heterocycles. The van der Waals surface area contributed by atoms with Gasteiger partial charge in [-0.05, 0) is 36.8 Å². The van der Waals surface area contributed by atoms with Crippen molar-refractivity contribution in [2.45, 2.75) is 51.7 Å². The lowest BCUT2D eigenvalue weighted by atomic mass is 10.0. The van der Waals surface area contributed by atoms with Crippen molar-refractivity contribution in [3.05, 3.63) is 33.5 Å². The average molecular weight is 410 g/mol. The molecule has 0 aliphatic carbocycles. The van der Waals surface area contributed by atoms with Gasteiger partial charge in [-0.1, -0.05) is 6.42 Å². The van der Waals surface area contributed by atoms with Crippen molar-refractivity contribution in [1.82, 2.24) is 24.0 Å². The zero-order valence-corrected chi connectivity index (χ0v) is 17.6. The summed E-state index contributed by atoms with van der Waals surface area (Å²) in [6.07, 6.45) is 4.92. The molecule has 0 spiro atoms. The minimum absolute atomic E-state index is 0.180. The molecule has 1 fully saturated rings. The van der Waals surface area contributed by atoms with Crippen LogP contribution in [0.5, 0.6) is 0 Å². The highest BCUT2D eigenvalue weighted by molar-refractivity contribution is 7.88. The Balaban J connectivity index is 1.53. The van der Waals surface area contributed by atoms with E-state index in [1.54, 1.807) is 4.31 Å². The number of rotatable bonds is 4. The summed E-state index contributed by atoms with van der Waals surface area (Å²) in [5.41, 5.74) is 1.36. The number of hydrogen-bond donors (Lipinski definition) is 0. The lowest BCUT2D eigenvalue weighted by molar-refractivity contribution is 0.236. The second kappa shape index (κ2) is 7.62. The fourth-order valence-corrected chi connectivity index (χ4v) is 6.19. The Morgan fingerprint density at radius 1 is 1.19 bits per heavy atom. The molecule has 1 atom stereocenters. The van der Waals surface area contributed by atoms with Crippen molar-refractivity contribution < 1.29 is 8.42 Å². The first kappa shape index (κ1) is 19.0. The van der Waals surface area contributed by atoms with E-state index in [1.165, 1.54) is 16.7 Å². The number of piperidine rings is 1. The van der Waals surface area contributed by atoms with Gasteiger partial charge in [0.15, 0.2) is 5.82 Å². The van der Waals surface area contributed by atoms with E-state index in [-0.39, 0.29) is 6.04 Å². The van der Waals surface area contributed by atoms with Gasteiger partial charge >= 0.3 is 0 Å². The van der Waals surface area contributed by atoms with Gasteiger partial charge in [-0.2, -0.15) is 4.31 Å². The molecule has 27 heavy (non-hydrogen) atoms. The van der Waals surface area contributed by atoms with Gasteiger partial charge in [-0.3, -0.25) is 4.90 Å². The number of aryl methyl sites for hydroxylation is 1. The molecule has 0 saturated carbocycles. The number of hydrogen-bond acceptors (Lipinski definition) is 6. The maximum atomic E-state index is 12.3. The molecular formula is C18H27N5O2S2. The maximum absolute atomic E-state index is 12.3. The molecule has 1 unspecified atom stereocenters. The van der Waals surface area contributed by atoms with Gasteiger partial charge in [0, 0.05) is 44.0 Å². The lowest BCUT2D eigenvalue weighted by Gasteiger charge is -2.33. The molecule has 2 aromatic rings. The first-order valence-corrected chi connectivity index (χ1v) is 12.3. The molecule has 0 radical (unpaired) electrons. The predicted octanol–water partition coefficient (Wildman–Crippen LogP) is 2.19. The van der Waals surface area contributed by atoms with E-state index in [0.29, 0.717) is 6.54 Å². The summed E-state index contributed by atoms with van der Waals surface area (Å²) in [5.74, 6) is 1.80. The van der Waals surface area contributed by atoms with Crippen molar-refractivity contribution in [2.75, 3.05) is 25.9 Å². The summed E-state index contributed by atoms with van der Waals surface area (Å²) < 4.78 is 28.3. The molecule has 148 valence electrons. The Bertz CT molecular complexity index is 905. The van der Waals surface area contributed by atoms with Gasteiger partial charge in [0.05, 0.1) is 12.3 Å². The van der Waals surface area contributed by atoms with Crippen LogP contribution in [0.2, 0.25) is 0 Å². The van der Waals surface area contributed by atoms with Crippen LogP contribution in [0.4, 0.5) is 0 Å². The molecule has 0 amide bonds. The highest BCUT2D eigenvalue weighted by Crippen LogP contribution is 2.32. The highest BCUT2D eigenvalue weighted by atomic mass is 32.2. The molecule has 9 heteroatoms. The Kier molecular flexibility index (Phi) is 5.37. The molecule has 0 N–H and O–H groups in total. The summed E-state index contributed by atoms with van der Waals surface area (Å²) in [7, 11) is -3.24. The van der Waals surface area contributed by atoms with Gasteiger partial charge in [-0.25, -0.2) is 8.42 Å². The van der Waals surface area contributed by atoms with Crippen LogP contribution in [0.25, 0.3) is 0 Å². The van der Waals surface area contributed by atoms with Gasteiger partial charge < -0.3 is 4.57 Å². The van der Waals surface area contributed by atoms with Crippen molar-refractivity contribution >= 4 is 21.4 Å². The standard InChI is InChI=1S/C18H27N5O2S2/c1-14-7-12-26-16(14)13-21-9-6-17-19-20-18(22(17)11-10-21)15-5-3-4-8-23(15)27(2,24)25/h7,12,15H,3-6,8-11,13H2,1-2H3. The summed E-state index contributed by atoms with van der Waals surface area (Å²) in [5, 5.41) is 11.0. The highest BCUT2D eigenvalue weighted by Gasteiger charge is 2.35. The number of sulfonamides is 1. The third-order valence-electron chi connectivity index (χ3n) is 5.66. The van der Waals surface area contributed by atoms with E-state index in [0.717, 1.165) is 63.5 Å². The van der Waals surface area contributed by atoms with E-state index >= 15 is 0 Å². The summed E-state index contributed by atoms with van der Waals surface area (Å²) in [6, 6.07) is 1.99. The Hall–Kier alpha value is -1.29. The van der Waals surface area contributed by atoms with Crippen LogP contribution >= 0.6 is 11.3 Å². The topological polar surface area (TPSA) is 71.3 Å². The van der Waals surface area contributed by atoms with Crippen molar-refractivity contribution in [1.29, 1.82) is 0 Å². The molecule has 1 saturated heterocycles. The molecule has 4 rings (SSSR count).